The summed E-state index contributed by atoms with van der Waals surface area (Å²) in [4.78, 5) is 12.6. The Morgan fingerprint density at radius 2 is 2.19 bits per heavy atom. The number of nitrogen functional groups attached to an aromatic ring is 1. The Morgan fingerprint density at radius 1 is 1.56 bits per heavy atom. The molecular weight excluding hydrogens is 208 g/mol. The molecule has 0 heterocycles. The highest BCUT2D eigenvalue weighted by molar-refractivity contribution is 5.97. The number of hydrogen-bond donors (Lipinski definition) is 3. The fraction of sp³-hybridized carbons (Fsp3) is 0.364. The minimum absolute atomic E-state index is 0.0206. The van der Waals surface area contributed by atoms with Crippen molar-refractivity contribution >= 4 is 17.3 Å². The van der Waals surface area contributed by atoms with Crippen LogP contribution in [0.5, 0.6) is 0 Å². The van der Waals surface area contributed by atoms with Crippen LogP contribution in [0, 0.1) is 0 Å². The third kappa shape index (κ3) is 2.25. The van der Waals surface area contributed by atoms with Gasteiger partial charge in [-0.1, -0.05) is 6.07 Å². The monoisotopic (exact) mass is 224 g/mol. The van der Waals surface area contributed by atoms with Gasteiger partial charge in [-0.15, -0.1) is 0 Å². The number of anilines is 2. The summed E-state index contributed by atoms with van der Waals surface area (Å²) in [6.07, 6.45) is 0. The van der Waals surface area contributed by atoms with E-state index in [0.717, 1.165) is 0 Å². The van der Waals surface area contributed by atoms with Gasteiger partial charge >= 0.3 is 5.97 Å². The molecule has 0 saturated carbocycles. The maximum Gasteiger partial charge on any atom is 0.337 e. The average molecular weight is 224 g/mol. The van der Waals surface area contributed by atoms with Crippen molar-refractivity contribution in [3.63, 3.8) is 0 Å². The van der Waals surface area contributed by atoms with Crippen LogP contribution in [0.4, 0.5) is 11.4 Å². The molecule has 5 nitrogen and oxygen atoms in total. The summed E-state index contributed by atoms with van der Waals surface area (Å²) >= 11 is 0. The lowest BCUT2D eigenvalue weighted by Gasteiger charge is -2.27. The number of nitrogens with two attached hydrogens (primary N) is 1. The van der Waals surface area contributed by atoms with Crippen molar-refractivity contribution in [3.8, 4) is 0 Å². The van der Waals surface area contributed by atoms with Gasteiger partial charge < -0.3 is 20.8 Å². The molecule has 5 heteroatoms. The quantitative estimate of drug-likeness (QED) is 0.658. The number of nitrogens with zero attached hydrogens (tertiary/aromatic N) is 1. The Kier molecular flexibility index (Phi) is 3.73. The maximum absolute atomic E-state index is 10.9. The largest absolute Gasteiger partial charge is 0.478 e. The van der Waals surface area contributed by atoms with Crippen molar-refractivity contribution in [2.45, 2.75) is 13.0 Å². The van der Waals surface area contributed by atoms with Gasteiger partial charge in [0.2, 0.25) is 0 Å². The van der Waals surface area contributed by atoms with Gasteiger partial charge in [-0.05, 0) is 19.1 Å². The van der Waals surface area contributed by atoms with Gasteiger partial charge in [0.15, 0.2) is 0 Å². The number of aliphatic hydroxyl groups excluding tert-OH is 1. The van der Waals surface area contributed by atoms with E-state index in [1.54, 1.807) is 24.1 Å². The Labute approximate surface area is 94.1 Å². The number of likely N-dealkylation sites (N-methyl/N-ethyl adjacent to an activating group) is 1. The summed E-state index contributed by atoms with van der Waals surface area (Å²) < 4.78 is 0. The third-order valence-corrected chi connectivity index (χ3v) is 2.62. The van der Waals surface area contributed by atoms with Crippen molar-refractivity contribution in [2.75, 3.05) is 24.3 Å². The first kappa shape index (κ1) is 12.3. The molecule has 4 N–H and O–H groups in total. The zero-order chi connectivity index (χ0) is 12.3. The Bertz CT molecular complexity index is 393. The molecule has 1 rings (SSSR count). The first-order valence-corrected chi connectivity index (χ1v) is 4.94. The molecule has 0 spiro atoms. The van der Waals surface area contributed by atoms with Crippen LogP contribution >= 0.6 is 0 Å². The Hall–Kier alpha value is -1.75. The summed E-state index contributed by atoms with van der Waals surface area (Å²) in [5.41, 5.74) is 6.68. The number of carboxylic acid groups (broad SMARTS) is 1. The van der Waals surface area contributed by atoms with Gasteiger partial charge in [0, 0.05) is 13.1 Å². The molecule has 1 aromatic rings. The number of hydrogen-bond acceptors (Lipinski definition) is 4. The topological polar surface area (TPSA) is 86.8 Å². The minimum atomic E-state index is -1.05. The first-order chi connectivity index (χ1) is 7.49. The SMILES string of the molecule is CC(CO)N(C)c1cccc(C(=O)O)c1N. The molecule has 1 aromatic carbocycles. The molecule has 1 atom stereocenters. The first-order valence-electron chi connectivity index (χ1n) is 4.94. The van der Waals surface area contributed by atoms with Crippen molar-refractivity contribution in [1.82, 2.24) is 0 Å². The van der Waals surface area contributed by atoms with E-state index in [1.165, 1.54) is 6.07 Å². The zero-order valence-electron chi connectivity index (χ0n) is 9.34. The molecule has 0 fully saturated rings. The van der Waals surface area contributed by atoms with Crippen LogP contribution in [0.25, 0.3) is 0 Å². The number of aromatic carboxylic acids is 1. The molecule has 0 aromatic heterocycles. The second-order valence-electron chi connectivity index (χ2n) is 3.69. The van der Waals surface area contributed by atoms with Gasteiger partial charge in [-0.2, -0.15) is 0 Å². The van der Waals surface area contributed by atoms with E-state index in [0.29, 0.717) is 5.69 Å². The van der Waals surface area contributed by atoms with Crippen LogP contribution < -0.4 is 10.6 Å². The average Bonchev–Trinajstić information content (AvgIpc) is 2.27. The zero-order valence-corrected chi connectivity index (χ0v) is 9.34. The smallest absolute Gasteiger partial charge is 0.337 e. The molecule has 0 radical (unpaired) electrons. The molecule has 88 valence electrons. The molecule has 0 aliphatic heterocycles. The van der Waals surface area contributed by atoms with Gasteiger partial charge in [0.25, 0.3) is 0 Å². The van der Waals surface area contributed by atoms with Gasteiger partial charge in [0.05, 0.1) is 23.5 Å². The standard InChI is InChI=1S/C11H16N2O3/c1-7(6-14)13(2)9-5-3-4-8(10(9)12)11(15)16/h3-5,7,14H,6,12H2,1-2H3,(H,15,16). The van der Waals surface area contributed by atoms with Gasteiger partial charge in [-0.3, -0.25) is 0 Å². The maximum atomic E-state index is 10.9. The fourth-order valence-corrected chi connectivity index (χ4v) is 1.41. The van der Waals surface area contributed by atoms with Crippen molar-refractivity contribution in [3.05, 3.63) is 23.8 Å². The highest BCUT2D eigenvalue weighted by Crippen LogP contribution is 2.26. The van der Waals surface area contributed by atoms with E-state index < -0.39 is 5.97 Å². The molecule has 0 bridgehead atoms. The molecule has 0 aliphatic carbocycles. The van der Waals surface area contributed by atoms with E-state index in [4.69, 9.17) is 15.9 Å². The molecular formula is C11H16N2O3. The van der Waals surface area contributed by atoms with Crippen LogP contribution in [0.2, 0.25) is 0 Å². The van der Waals surface area contributed by atoms with Crippen LogP contribution in [0.15, 0.2) is 18.2 Å². The fourth-order valence-electron chi connectivity index (χ4n) is 1.41. The van der Waals surface area contributed by atoms with Crippen LogP contribution in [0.1, 0.15) is 17.3 Å². The molecule has 16 heavy (non-hydrogen) atoms. The number of carboxylic acids is 1. The normalized spacial score (nSPS) is 12.2. The third-order valence-electron chi connectivity index (χ3n) is 2.62. The number of para-hydroxylation sites is 1. The van der Waals surface area contributed by atoms with Gasteiger partial charge in [0.1, 0.15) is 0 Å². The summed E-state index contributed by atoms with van der Waals surface area (Å²) in [5, 5.41) is 18.0. The van der Waals surface area contributed by atoms with Gasteiger partial charge in [-0.25, -0.2) is 4.79 Å². The van der Waals surface area contributed by atoms with Crippen molar-refractivity contribution < 1.29 is 15.0 Å². The molecule has 0 saturated heterocycles. The lowest BCUT2D eigenvalue weighted by atomic mass is 10.1. The van der Waals surface area contributed by atoms with E-state index in [1.807, 2.05) is 6.92 Å². The Morgan fingerprint density at radius 3 is 2.69 bits per heavy atom. The number of rotatable bonds is 4. The van der Waals surface area contributed by atoms with Crippen LogP contribution in [-0.2, 0) is 0 Å². The lowest BCUT2D eigenvalue weighted by molar-refractivity contribution is 0.0698. The summed E-state index contributed by atoms with van der Waals surface area (Å²) in [6, 6.07) is 4.70. The number of benzene rings is 1. The van der Waals surface area contributed by atoms with E-state index in [-0.39, 0.29) is 23.9 Å². The second-order valence-corrected chi connectivity index (χ2v) is 3.69. The Balaban J connectivity index is 3.15. The number of carbonyl (C=O) groups is 1. The predicted octanol–water partition coefficient (Wildman–Crippen LogP) is 0.784. The highest BCUT2D eigenvalue weighted by Gasteiger charge is 2.16. The van der Waals surface area contributed by atoms with Crippen molar-refractivity contribution in [1.29, 1.82) is 0 Å². The molecule has 0 aliphatic rings. The van der Waals surface area contributed by atoms with E-state index in [2.05, 4.69) is 0 Å². The minimum Gasteiger partial charge on any atom is -0.478 e. The lowest BCUT2D eigenvalue weighted by Crippen LogP contribution is -2.32. The molecule has 0 amide bonds. The van der Waals surface area contributed by atoms with Crippen molar-refractivity contribution in [2.24, 2.45) is 0 Å². The van der Waals surface area contributed by atoms with Crippen LogP contribution in [-0.4, -0.2) is 35.9 Å². The predicted molar refractivity (Wildman–Crippen MR) is 62.8 cm³/mol. The van der Waals surface area contributed by atoms with Crippen LogP contribution in [0.3, 0.4) is 0 Å². The number of aliphatic hydroxyl groups is 1. The molecule has 1 unspecified atom stereocenters. The summed E-state index contributed by atoms with van der Waals surface area (Å²) in [6.45, 7) is 1.81. The van der Waals surface area contributed by atoms with E-state index >= 15 is 0 Å². The second kappa shape index (κ2) is 4.85. The summed E-state index contributed by atoms with van der Waals surface area (Å²) in [5.74, 6) is -1.05. The van der Waals surface area contributed by atoms with E-state index in [9.17, 15) is 4.79 Å². The highest BCUT2D eigenvalue weighted by atomic mass is 16.4. The summed E-state index contributed by atoms with van der Waals surface area (Å²) in [7, 11) is 1.76.